The van der Waals surface area contributed by atoms with Crippen molar-refractivity contribution in [3.05, 3.63) is 83.5 Å². The van der Waals surface area contributed by atoms with Crippen molar-refractivity contribution in [1.29, 1.82) is 0 Å². The summed E-state index contributed by atoms with van der Waals surface area (Å²) in [6, 6.07) is 15.2. The zero-order chi connectivity index (χ0) is 28.7. The average molecular weight is 563 g/mol. The Bertz CT molecular complexity index is 1660. The summed E-state index contributed by atoms with van der Waals surface area (Å²) in [5.74, 6) is 0.739. The van der Waals surface area contributed by atoms with Crippen molar-refractivity contribution in [1.82, 2.24) is 25.0 Å². The van der Waals surface area contributed by atoms with E-state index in [9.17, 15) is 18.3 Å². The van der Waals surface area contributed by atoms with Gasteiger partial charge in [0.15, 0.2) is 0 Å². The second-order valence-corrected chi connectivity index (χ2v) is 10.5. The second kappa shape index (κ2) is 10.6. The third-order valence-corrected chi connectivity index (χ3v) is 7.44. The fourth-order valence-corrected chi connectivity index (χ4v) is 5.66. The molecule has 0 amide bonds. The lowest BCUT2D eigenvalue weighted by atomic mass is 10.0. The van der Waals surface area contributed by atoms with E-state index in [1.807, 2.05) is 56.3 Å². The smallest absolute Gasteiger partial charge is 0.392 e. The van der Waals surface area contributed by atoms with Gasteiger partial charge in [0.1, 0.15) is 11.3 Å². The van der Waals surface area contributed by atoms with E-state index in [-0.39, 0.29) is 17.7 Å². The molecule has 0 unspecified atom stereocenters. The van der Waals surface area contributed by atoms with E-state index in [0.717, 1.165) is 28.6 Å². The Morgan fingerprint density at radius 2 is 1.93 bits per heavy atom. The van der Waals surface area contributed by atoms with Crippen LogP contribution in [0.5, 0.6) is 0 Å². The summed E-state index contributed by atoms with van der Waals surface area (Å²) in [6.45, 7) is 5.41. The highest BCUT2D eigenvalue weighted by Gasteiger charge is 2.36. The summed E-state index contributed by atoms with van der Waals surface area (Å²) in [5.41, 5.74) is 3.38. The zero-order valence-electron chi connectivity index (χ0n) is 22.5. The van der Waals surface area contributed by atoms with E-state index in [1.165, 1.54) is 6.20 Å². The number of alkyl halides is 3. The molecular formula is C30H29F3N6O2. The summed E-state index contributed by atoms with van der Waals surface area (Å²) in [4.78, 5) is 13.6. The van der Waals surface area contributed by atoms with Gasteiger partial charge in [-0.2, -0.15) is 13.2 Å². The van der Waals surface area contributed by atoms with E-state index in [1.54, 1.807) is 6.07 Å². The summed E-state index contributed by atoms with van der Waals surface area (Å²) < 4.78 is 47.6. The minimum Gasteiger partial charge on any atom is -0.392 e. The maximum absolute atomic E-state index is 14.1. The van der Waals surface area contributed by atoms with Crippen LogP contribution in [0.3, 0.4) is 0 Å². The van der Waals surface area contributed by atoms with E-state index in [2.05, 4.69) is 30.3 Å². The topological polar surface area (TPSA) is 103 Å². The molecule has 11 heteroatoms. The van der Waals surface area contributed by atoms with Gasteiger partial charge in [0.05, 0.1) is 17.5 Å². The summed E-state index contributed by atoms with van der Waals surface area (Å²) >= 11 is 0. The van der Waals surface area contributed by atoms with Gasteiger partial charge in [-0.05, 0) is 37.5 Å². The molecule has 0 spiro atoms. The van der Waals surface area contributed by atoms with E-state index in [0.29, 0.717) is 48.3 Å². The van der Waals surface area contributed by atoms with Crippen LogP contribution in [0.15, 0.2) is 65.4 Å². The number of halogens is 3. The lowest BCUT2D eigenvalue weighted by Crippen LogP contribution is -2.48. The van der Waals surface area contributed by atoms with Crippen LogP contribution < -0.4 is 5.32 Å². The monoisotopic (exact) mass is 562 g/mol. The number of aromatic amines is 1. The molecule has 3 N–H and O–H groups in total. The fourth-order valence-electron chi connectivity index (χ4n) is 5.66. The predicted octanol–water partition coefficient (Wildman–Crippen LogP) is 5.96. The Hall–Kier alpha value is -4.22. The number of aliphatic hydroxyl groups is 1. The number of hydrogen-bond acceptors (Lipinski definition) is 7. The van der Waals surface area contributed by atoms with Crippen LogP contribution in [-0.2, 0) is 12.7 Å². The summed E-state index contributed by atoms with van der Waals surface area (Å²) in [5, 5.41) is 18.3. The molecule has 2 atom stereocenters. The highest BCUT2D eigenvalue weighted by Crippen LogP contribution is 2.40. The van der Waals surface area contributed by atoms with Gasteiger partial charge in [0.25, 0.3) is 0 Å². The largest absolute Gasteiger partial charge is 0.419 e. The van der Waals surface area contributed by atoms with Crippen molar-refractivity contribution in [3.63, 3.8) is 0 Å². The van der Waals surface area contributed by atoms with Gasteiger partial charge in [-0.25, -0.2) is 9.97 Å². The molecule has 1 aliphatic heterocycles. The number of piperidine rings is 1. The number of benzene rings is 2. The average Bonchev–Trinajstić information content (AvgIpc) is 3.50. The number of fused-ring (bicyclic) bond motifs is 1. The number of H-pyrrole nitrogens is 1. The van der Waals surface area contributed by atoms with Gasteiger partial charge < -0.3 is 19.9 Å². The van der Waals surface area contributed by atoms with Gasteiger partial charge in [0.2, 0.25) is 5.95 Å². The maximum Gasteiger partial charge on any atom is 0.419 e. The molecule has 1 fully saturated rings. The molecule has 0 bridgehead atoms. The minimum atomic E-state index is -4.65. The number of nitrogens with zero attached hydrogens (tertiary/aromatic N) is 4. The Labute approximate surface area is 234 Å². The van der Waals surface area contributed by atoms with Crippen LogP contribution in [0, 0.1) is 13.8 Å². The number of aliphatic hydroxyl groups excluding tert-OH is 1. The molecule has 1 saturated heterocycles. The highest BCUT2D eigenvalue weighted by atomic mass is 19.4. The molecule has 5 aromatic rings. The molecule has 3 aromatic heterocycles. The van der Waals surface area contributed by atoms with Crippen LogP contribution in [0.25, 0.3) is 33.3 Å². The Morgan fingerprint density at radius 1 is 1.12 bits per heavy atom. The summed E-state index contributed by atoms with van der Waals surface area (Å²) in [7, 11) is 0. The van der Waals surface area contributed by atoms with Crippen LogP contribution in [-0.4, -0.2) is 55.4 Å². The van der Waals surface area contributed by atoms with Crippen molar-refractivity contribution in [2.45, 2.75) is 45.1 Å². The molecule has 6 rings (SSSR count). The lowest BCUT2D eigenvalue weighted by molar-refractivity contribution is -0.137. The van der Waals surface area contributed by atoms with E-state index in [4.69, 9.17) is 4.52 Å². The summed E-state index contributed by atoms with van der Waals surface area (Å²) in [6.07, 6.45) is -2.44. The SMILES string of the molecule is Cc1noc(C)c1-c1ccc2c(-c3nc(N[C@H]4C[C@@H](O)CN(Cc5ccccc5)C4)ncc3C(F)(F)F)c[nH]c2c1. The van der Waals surface area contributed by atoms with Crippen molar-refractivity contribution in [2.75, 3.05) is 18.4 Å². The first kappa shape index (κ1) is 27.0. The second-order valence-electron chi connectivity index (χ2n) is 10.5. The number of hydrogen-bond donors (Lipinski definition) is 3. The fraction of sp³-hybridized carbons (Fsp3) is 0.300. The quantitative estimate of drug-likeness (QED) is 0.235. The first-order valence-corrected chi connectivity index (χ1v) is 13.4. The molecule has 41 heavy (non-hydrogen) atoms. The van der Waals surface area contributed by atoms with Crippen LogP contribution >= 0.6 is 0 Å². The Balaban J connectivity index is 1.31. The van der Waals surface area contributed by atoms with Gasteiger partial charge in [0, 0.05) is 60.1 Å². The lowest BCUT2D eigenvalue weighted by Gasteiger charge is -2.36. The maximum atomic E-state index is 14.1. The van der Waals surface area contributed by atoms with Gasteiger partial charge in [-0.15, -0.1) is 0 Å². The number of nitrogens with one attached hydrogen (secondary N) is 2. The van der Waals surface area contributed by atoms with Gasteiger partial charge in [-0.1, -0.05) is 47.6 Å². The third-order valence-electron chi connectivity index (χ3n) is 7.44. The van der Waals surface area contributed by atoms with Crippen LogP contribution in [0.1, 0.15) is 29.0 Å². The number of likely N-dealkylation sites (tertiary alicyclic amines) is 1. The molecule has 8 nitrogen and oxygen atoms in total. The molecule has 1 aliphatic rings. The normalized spacial score (nSPS) is 18.2. The van der Waals surface area contributed by atoms with Crippen molar-refractivity contribution < 1.29 is 22.8 Å². The zero-order valence-corrected chi connectivity index (χ0v) is 22.5. The Morgan fingerprint density at radius 3 is 2.66 bits per heavy atom. The third kappa shape index (κ3) is 5.55. The molecule has 4 heterocycles. The van der Waals surface area contributed by atoms with Gasteiger partial charge in [-0.3, -0.25) is 4.90 Å². The van der Waals surface area contributed by atoms with E-state index >= 15 is 0 Å². The number of β-amino-alcohol motifs (C(OH)–C–C–N with tert-alkyl or cyclic N) is 1. The molecule has 0 aliphatic carbocycles. The van der Waals surface area contributed by atoms with Crippen LogP contribution in [0.2, 0.25) is 0 Å². The molecular weight excluding hydrogens is 533 g/mol. The minimum absolute atomic E-state index is 0.0773. The predicted molar refractivity (Wildman–Crippen MR) is 149 cm³/mol. The van der Waals surface area contributed by atoms with E-state index < -0.39 is 17.8 Å². The number of aryl methyl sites for hydroxylation is 2. The molecule has 2 aromatic carbocycles. The van der Waals surface area contributed by atoms with Gasteiger partial charge >= 0.3 is 6.18 Å². The van der Waals surface area contributed by atoms with Crippen molar-refractivity contribution >= 4 is 16.9 Å². The van der Waals surface area contributed by atoms with Crippen LogP contribution in [0.4, 0.5) is 19.1 Å². The first-order valence-electron chi connectivity index (χ1n) is 13.4. The molecule has 0 radical (unpaired) electrons. The number of aromatic nitrogens is 4. The van der Waals surface area contributed by atoms with Crippen molar-refractivity contribution in [2.24, 2.45) is 0 Å². The highest BCUT2D eigenvalue weighted by molar-refractivity contribution is 5.97. The Kier molecular flexibility index (Phi) is 7.00. The number of rotatable bonds is 6. The standard InChI is InChI=1S/C30H29F3N6O2/c1-17-27(18(2)41-38-17)20-8-9-23-24(12-34-26(23)10-20)28-25(30(31,32)33)13-35-29(37-28)36-21-11-22(40)16-39(15-21)14-19-6-4-3-5-7-19/h3-10,12-13,21-22,34,40H,11,14-16H2,1-2H3,(H,35,36,37)/t21-,22+/m0/s1. The number of anilines is 1. The molecule has 0 saturated carbocycles. The first-order chi connectivity index (χ1) is 19.7. The van der Waals surface area contributed by atoms with Crippen molar-refractivity contribution in [3.8, 4) is 22.4 Å². The molecule has 212 valence electrons.